The lowest BCUT2D eigenvalue weighted by atomic mass is 10.1. The molecular weight excluding hydrogens is 314 g/mol. The molecule has 2 aromatic rings. The SMILES string of the molecule is CCOCCCNC(=NC)NCc1cccc(Cn2ccnc2C)c1. The molecule has 0 bridgehead atoms. The Labute approximate surface area is 150 Å². The molecule has 1 aromatic carbocycles. The Balaban J connectivity index is 1.81. The Kier molecular flexibility index (Phi) is 7.98. The van der Waals surface area contributed by atoms with Crippen LogP contribution < -0.4 is 10.6 Å². The smallest absolute Gasteiger partial charge is 0.191 e. The predicted molar refractivity (Wildman–Crippen MR) is 102 cm³/mol. The molecule has 0 atom stereocenters. The Bertz CT molecular complexity index is 665. The Morgan fingerprint density at radius 1 is 1.28 bits per heavy atom. The molecule has 0 aliphatic heterocycles. The number of aromatic nitrogens is 2. The molecule has 25 heavy (non-hydrogen) atoms. The average molecular weight is 343 g/mol. The zero-order valence-corrected chi connectivity index (χ0v) is 15.5. The van der Waals surface area contributed by atoms with E-state index in [1.807, 2.05) is 26.2 Å². The molecule has 0 radical (unpaired) electrons. The fourth-order valence-corrected chi connectivity index (χ4v) is 2.54. The van der Waals surface area contributed by atoms with E-state index in [4.69, 9.17) is 4.74 Å². The predicted octanol–water partition coefficient (Wildman–Crippen LogP) is 2.33. The van der Waals surface area contributed by atoms with Crippen molar-refractivity contribution in [3.63, 3.8) is 0 Å². The number of hydrogen-bond donors (Lipinski definition) is 2. The van der Waals surface area contributed by atoms with E-state index in [0.717, 1.165) is 51.1 Å². The van der Waals surface area contributed by atoms with E-state index in [2.05, 4.69) is 49.4 Å². The van der Waals surface area contributed by atoms with Crippen LogP contribution in [0, 0.1) is 6.92 Å². The molecule has 0 saturated heterocycles. The van der Waals surface area contributed by atoms with Crippen LogP contribution in [0.4, 0.5) is 0 Å². The van der Waals surface area contributed by atoms with Crippen molar-refractivity contribution in [3.05, 3.63) is 53.6 Å². The van der Waals surface area contributed by atoms with Crippen molar-refractivity contribution in [2.24, 2.45) is 4.99 Å². The largest absolute Gasteiger partial charge is 0.382 e. The Morgan fingerprint density at radius 3 is 2.84 bits per heavy atom. The first kappa shape index (κ1) is 19.0. The van der Waals surface area contributed by atoms with E-state index < -0.39 is 0 Å². The molecule has 2 rings (SSSR count). The van der Waals surface area contributed by atoms with Gasteiger partial charge >= 0.3 is 0 Å². The fraction of sp³-hybridized carbons (Fsp3) is 0.474. The fourth-order valence-electron chi connectivity index (χ4n) is 2.54. The molecule has 1 heterocycles. The van der Waals surface area contributed by atoms with Crippen LogP contribution >= 0.6 is 0 Å². The van der Waals surface area contributed by atoms with E-state index in [9.17, 15) is 0 Å². The zero-order chi connectivity index (χ0) is 17.9. The average Bonchev–Trinajstić information content (AvgIpc) is 3.02. The number of rotatable bonds is 9. The number of aryl methyl sites for hydroxylation is 1. The molecule has 0 amide bonds. The van der Waals surface area contributed by atoms with Gasteiger partial charge in [0.2, 0.25) is 0 Å². The Hall–Kier alpha value is -2.34. The van der Waals surface area contributed by atoms with Crippen LogP contribution in [-0.2, 0) is 17.8 Å². The van der Waals surface area contributed by atoms with Gasteiger partial charge in [-0.1, -0.05) is 24.3 Å². The highest BCUT2D eigenvalue weighted by atomic mass is 16.5. The van der Waals surface area contributed by atoms with Crippen molar-refractivity contribution in [1.82, 2.24) is 20.2 Å². The summed E-state index contributed by atoms with van der Waals surface area (Å²) in [5.74, 6) is 1.84. The standard InChI is InChI=1S/C19H29N5O/c1-4-25-12-6-9-22-19(20-3)23-14-17-7-5-8-18(13-17)15-24-11-10-21-16(24)2/h5,7-8,10-11,13H,4,6,9,12,14-15H2,1-3H3,(H2,20,22,23). The topological polar surface area (TPSA) is 63.5 Å². The summed E-state index contributed by atoms with van der Waals surface area (Å²) in [5, 5.41) is 6.66. The highest BCUT2D eigenvalue weighted by Crippen LogP contribution is 2.08. The summed E-state index contributed by atoms with van der Waals surface area (Å²) in [7, 11) is 1.79. The highest BCUT2D eigenvalue weighted by Gasteiger charge is 2.02. The quantitative estimate of drug-likeness (QED) is 0.417. The van der Waals surface area contributed by atoms with E-state index >= 15 is 0 Å². The van der Waals surface area contributed by atoms with Crippen LogP contribution in [0.1, 0.15) is 30.3 Å². The van der Waals surface area contributed by atoms with Crippen molar-refractivity contribution in [2.45, 2.75) is 33.4 Å². The van der Waals surface area contributed by atoms with Gasteiger partial charge in [-0.3, -0.25) is 4.99 Å². The van der Waals surface area contributed by atoms with Crippen LogP contribution in [0.25, 0.3) is 0 Å². The second-order valence-electron chi connectivity index (χ2n) is 5.83. The molecule has 2 N–H and O–H groups in total. The van der Waals surface area contributed by atoms with Gasteiger partial charge in [0.15, 0.2) is 5.96 Å². The summed E-state index contributed by atoms with van der Waals surface area (Å²) in [6.45, 7) is 7.99. The second-order valence-corrected chi connectivity index (χ2v) is 5.83. The lowest BCUT2D eigenvalue weighted by molar-refractivity contribution is 0.145. The molecule has 0 aliphatic carbocycles. The molecule has 0 aliphatic rings. The molecule has 0 spiro atoms. The lowest BCUT2D eigenvalue weighted by Gasteiger charge is -2.13. The summed E-state index contributed by atoms with van der Waals surface area (Å²) in [6.07, 6.45) is 4.81. The van der Waals surface area contributed by atoms with Crippen LogP contribution in [-0.4, -0.2) is 42.3 Å². The molecule has 6 nitrogen and oxygen atoms in total. The van der Waals surface area contributed by atoms with Crippen molar-refractivity contribution in [3.8, 4) is 0 Å². The van der Waals surface area contributed by atoms with E-state index in [-0.39, 0.29) is 0 Å². The summed E-state index contributed by atoms with van der Waals surface area (Å²) in [4.78, 5) is 8.53. The number of ether oxygens (including phenoxy) is 1. The Morgan fingerprint density at radius 2 is 2.12 bits per heavy atom. The van der Waals surface area contributed by atoms with E-state index in [1.165, 1.54) is 11.1 Å². The minimum Gasteiger partial charge on any atom is -0.382 e. The molecule has 0 fully saturated rings. The molecule has 1 aromatic heterocycles. The van der Waals surface area contributed by atoms with E-state index in [1.54, 1.807) is 7.05 Å². The maximum Gasteiger partial charge on any atom is 0.191 e. The van der Waals surface area contributed by atoms with Gasteiger partial charge < -0.3 is 19.9 Å². The van der Waals surface area contributed by atoms with Crippen LogP contribution in [0.3, 0.4) is 0 Å². The maximum absolute atomic E-state index is 5.34. The van der Waals surface area contributed by atoms with Gasteiger partial charge in [0.1, 0.15) is 5.82 Å². The van der Waals surface area contributed by atoms with Gasteiger partial charge in [0.05, 0.1) is 0 Å². The minimum atomic E-state index is 0.738. The number of aliphatic imine (C=N–C) groups is 1. The van der Waals surface area contributed by atoms with Crippen molar-refractivity contribution < 1.29 is 4.74 Å². The number of hydrogen-bond acceptors (Lipinski definition) is 3. The summed E-state index contributed by atoms with van der Waals surface area (Å²) < 4.78 is 7.48. The van der Waals surface area contributed by atoms with Gasteiger partial charge in [-0.2, -0.15) is 0 Å². The number of nitrogens with one attached hydrogen (secondary N) is 2. The van der Waals surface area contributed by atoms with Gasteiger partial charge in [0, 0.05) is 52.3 Å². The van der Waals surface area contributed by atoms with Crippen LogP contribution in [0.5, 0.6) is 0 Å². The highest BCUT2D eigenvalue weighted by molar-refractivity contribution is 5.79. The van der Waals surface area contributed by atoms with Gasteiger partial charge in [0.25, 0.3) is 0 Å². The summed E-state index contributed by atoms with van der Waals surface area (Å²) in [5.41, 5.74) is 2.49. The molecule has 0 unspecified atom stereocenters. The second kappa shape index (κ2) is 10.5. The third-order valence-electron chi connectivity index (χ3n) is 3.91. The zero-order valence-electron chi connectivity index (χ0n) is 15.5. The number of benzene rings is 1. The van der Waals surface area contributed by atoms with Crippen molar-refractivity contribution in [2.75, 3.05) is 26.8 Å². The molecule has 0 saturated carbocycles. The maximum atomic E-state index is 5.34. The first-order chi connectivity index (χ1) is 12.2. The van der Waals surface area contributed by atoms with Crippen LogP contribution in [0.15, 0.2) is 41.7 Å². The number of guanidine groups is 1. The first-order valence-corrected chi connectivity index (χ1v) is 8.80. The number of imidazole rings is 1. The third kappa shape index (κ3) is 6.58. The van der Waals surface area contributed by atoms with Crippen LogP contribution in [0.2, 0.25) is 0 Å². The number of nitrogens with zero attached hydrogens (tertiary/aromatic N) is 3. The van der Waals surface area contributed by atoms with Gasteiger partial charge in [-0.05, 0) is 31.4 Å². The molecule has 6 heteroatoms. The first-order valence-electron chi connectivity index (χ1n) is 8.80. The summed E-state index contributed by atoms with van der Waals surface area (Å²) in [6, 6.07) is 8.58. The van der Waals surface area contributed by atoms with Crippen molar-refractivity contribution in [1.29, 1.82) is 0 Å². The van der Waals surface area contributed by atoms with Crippen molar-refractivity contribution >= 4 is 5.96 Å². The summed E-state index contributed by atoms with van der Waals surface area (Å²) >= 11 is 0. The minimum absolute atomic E-state index is 0.738. The lowest BCUT2D eigenvalue weighted by Crippen LogP contribution is -2.37. The van der Waals surface area contributed by atoms with Gasteiger partial charge in [-0.15, -0.1) is 0 Å². The monoisotopic (exact) mass is 343 g/mol. The van der Waals surface area contributed by atoms with Gasteiger partial charge in [-0.25, -0.2) is 4.98 Å². The molecule has 136 valence electrons. The molecular formula is C19H29N5O. The third-order valence-corrected chi connectivity index (χ3v) is 3.91. The van der Waals surface area contributed by atoms with E-state index in [0.29, 0.717) is 0 Å². The normalized spacial score (nSPS) is 11.6.